The van der Waals surface area contributed by atoms with Gasteiger partial charge in [-0.05, 0) is 42.7 Å². The molecule has 0 bridgehead atoms. The van der Waals surface area contributed by atoms with Crippen LogP contribution >= 0.6 is 0 Å². The predicted octanol–water partition coefficient (Wildman–Crippen LogP) is 7.03. The molecule has 0 saturated carbocycles. The van der Waals surface area contributed by atoms with Crippen molar-refractivity contribution < 1.29 is 35.5 Å². The van der Waals surface area contributed by atoms with Crippen molar-refractivity contribution in [3.05, 3.63) is 113 Å². The fourth-order valence-electron chi connectivity index (χ4n) is 2.88. The van der Waals surface area contributed by atoms with Crippen molar-refractivity contribution in [1.29, 1.82) is 0 Å². The quantitative estimate of drug-likeness (QED) is 0.165. The molecule has 8 heteroatoms. The topological polar surface area (TPSA) is 9.23 Å². The number of aryl methyl sites for hydroxylation is 1. The van der Waals surface area contributed by atoms with E-state index in [2.05, 4.69) is 23.2 Å². The van der Waals surface area contributed by atoms with Crippen LogP contribution < -0.4 is 4.74 Å². The summed E-state index contributed by atoms with van der Waals surface area (Å²) in [6.45, 7) is 3.64. The van der Waals surface area contributed by atoms with Crippen LogP contribution in [-0.2, 0) is 12.5 Å². The Balaban J connectivity index is 1.84. The first-order valence-corrected chi connectivity index (χ1v) is 9.53. The highest BCUT2D eigenvalue weighted by Gasteiger charge is 2.41. The molecule has 3 aromatic rings. The minimum absolute atomic E-state index is 0.130. The van der Waals surface area contributed by atoms with Crippen LogP contribution in [-0.4, -0.2) is 0 Å². The second kappa shape index (κ2) is 9.82. The van der Waals surface area contributed by atoms with Crippen LogP contribution in [0.5, 0.6) is 5.75 Å². The number of alkyl halides is 2. The minimum atomic E-state index is -4.65. The minimum Gasteiger partial charge on any atom is -0.429 e. The highest BCUT2D eigenvalue weighted by atomic mass is 19.3. The number of benzene rings is 3. The smallest absolute Gasteiger partial charge is 0.429 e. The largest absolute Gasteiger partial charge is 0.432 e. The lowest BCUT2D eigenvalue weighted by Crippen LogP contribution is -2.25. The van der Waals surface area contributed by atoms with E-state index in [0.29, 0.717) is 17.7 Å². The molecule has 0 fully saturated rings. The van der Waals surface area contributed by atoms with E-state index in [1.807, 2.05) is 12.1 Å². The summed E-state index contributed by atoms with van der Waals surface area (Å²) >= 11 is 0. The van der Waals surface area contributed by atoms with E-state index in [1.54, 1.807) is 18.2 Å². The zero-order chi connectivity index (χ0) is 24.2. The Bertz CT molecular complexity index is 1190. The summed E-state index contributed by atoms with van der Waals surface area (Å²) in [5.41, 5.74) is -0.426. The average Bonchev–Trinajstić information content (AvgIpc) is 2.74. The van der Waals surface area contributed by atoms with Crippen molar-refractivity contribution in [3.8, 4) is 17.6 Å². The van der Waals surface area contributed by atoms with Gasteiger partial charge in [0.2, 0.25) is 0 Å². The van der Waals surface area contributed by atoms with Gasteiger partial charge in [0.05, 0.1) is 0 Å². The van der Waals surface area contributed by atoms with Crippen molar-refractivity contribution in [2.45, 2.75) is 19.0 Å². The van der Waals surface area contributed by atoms with Crippen LogP contribution in [0, 0.1) is 40.9 Å². The first-order valence-electron chi connectivity index (χ1n) is 9.53. The number of ether oxygens (including phenoxy) is 1. The molecule has 3 aromatic carbocycles. The SMILES string of the molecule is C=CCCc1ccc(C#Cc2cc(F)c(C(F)(F)Oc3cc(F)c(F)c(F)c3)c(F)c2)cc1. The van der Waals surface area contributed by atoms with E-state index in [4.69, 9.17) is 0 Å². The molecule has 0 N–H and O–H groups in total. The van der Waals surface area contributed by atoms with E-state index in [-0.39, 0.29) is 17.7 Å². The molecule has 0 aliphatic rings. The Kier molecular flexibility index (Phi) is 7.12. The zero-order valence-corrected chi connectivity index (χ0v) is 16.9. The van der Waals surface area contributed by atoms with Crippen molar-refractivity contribution in [3.63, 3.8) is 0 Å². The van der Waals surface area contributed by atoms with Crippen LogP contribution in [0.4, 0.5) is 30.7 Å². The third kappa shape index (κ3) is 5.75. The standard InChI is InChI=1S/C25H15F7O/c1-2-3-4-15-5-7-16(8-6-15)9-10-17-11-19(26)23(20(27)12-17)25(31,32)33-18-13-21(28)24(30)22(29)14-18/h2,5-8,11-14H,1,3-4H2. The molecule has 0 atom stereocenters. The van der Waals surface area contributed by atoms with E-state index in [0.717, 1.165) is 18.4 Å². The summed E-state index contributed by atoms with van der Waals surface area (Å²) in [4.78, 5) is 0. The molecule has 3 rings (SSSR count). The predicted molar refractivity (Wildman–Crippen MR) is 108 cm³/mol. The molecule has 33 heavy (non-hydrogen) atoms. The van der Waals surface area contributed by atoms with Gasteiger partial charge in [0, 0.05) is 23.3 Å². The number of halogens is 7. The van der Waals surface area contributed by atoms with E-state index < -0.39 is 46.5 Å². The van der Waals surface area contributed by atoms with E-state index >= 15 is 0 Å². The molecule has 1 nitrogen and oxygen atoms in total. The Hall–Kier alpha value is -3.73. The maximum atomic E-state index is 14.4. The molecule has 0 aromatic heterocycles. The Morgan fingerprint density at radius 3 is 1.88 bits per heavy atom. The van der Waals surface area contributed by atoms with Gasteiger partial charge in [0.25, 0.3) is 0 Å². The van der Waals surface area contributed by atoms with Crippen molar-refractivity contribution in [2.24, 2.45) is 0 Å². The fraction of sp³-hybridized carbons (Fsp3) is 0.120. The molecule has 0 aliphatic heterocycles. The third-order valence-corrected chi connectivity index (χ3v) is 4.48. The summed E-state index contributed by atoms with van der Waals surface area (Å²) in [7, 11) is 0. The van der Waals surface area contributed by atoms with Crippen LogP contribution in [0.1, 0.15) is 28.7 Å². The van der Waals surface area contributed by atoms with Crippen LogP contribution in [0.25, 0.3) is 0 Å². The first-order chi connectivity index (χ1) is 15.6. The normalized spacial score (nSPS) is 11.0. The molecule has 0 amide bonds. The van der Waals surface area contributed by atoms with Crippen molar-refractivity contribution in [2.75, 3.05) is 0 Å². The maximum absolute atomic E-state index is 14.4. The van der Waals surface area contributed by atoms with Crippen molar-refractivity contribution in [1.82, 2.24) is 0 Å². The molecular formula is C25H15F7O. The van der Waals surface area contributed by atoms with Gasteiger partial charge in [0.1, 0.15) is 22.9 Å². The summed E-state index contributed by atoms with van der Waals surface area (Å²) in [5, 5.41) is 0. The molecular weight excluding hydrogens is 449 g/mol. The highest BCUT2D eigenvalue weighted by Crippen LogP contribution is 2.36. The maximum Gasteiger partial charge on any atom is 0.432 e. The molecule has 0 saturated heterocycles. The van der Waals surface area contributed by atoms with E-state index in [1.165, 1.54) is 0 Å². The number of allylic oxidation sites excluding steroid dienone is 1. The number of hydrogen-bond acceptors (Lipinski definition) is 1. The summed E-state index contributed by atoms with van der Waals surface area (Å²) in [6.07, 6.45) is -1.28. The molecule has 0 aliphatic carbocycles. The van der Waals surface area contributed by atoms with Gasteiger partial charge in [-0.1, -0.05) is 30.0 Å². The summed E-state index contributed by atoms with van der Waals surface area (Å²) < 4.78 is 101. The second-order valence-corrected chi connectivity index (χ2v) is 6.91. The molecule has 170 valence electrons. The van der Waals surface area contributed by atoms with Gasteiger partial charge < -0.3 is 4.74 Å². The molecule has 0 heterocycles. The fourth-order valence-corrected chi connectivity index (χ4v) is 2.88. The van der Waals surface area contributed by atoms with Crippen molar-refractivity contribution >= 4 is 0 Å². The monoisotopic (exact) mass is 464 g/mol. The number of rotatable bonds is 6. The zero-order valence-electron chi connectivity index (χ0n) is 16.9. The number of hydrogen-bond donors (Lipinski definition) is 0. The third-order valence-electron chi connectivity index (χ3n) is 4.48. The first kappa shape index (κ1) is 23.9. The van der Waals surface area contributed by atoms with Gasteiger partial charge >= 0.3 is 6.11 Å². The van der Waals surface area contributed by atoms with Gasteiger partial charge in [-0.3, -0.25) is 0 Å². The average molecular weight is 464 g/mol. The van der Waals surface area contributed by atoms with Crippen LogP contribution in [0.3, 0.4) is 0 Å². The second-order valence-electron chi connectivity index (χ2n) is 6.91. The highest BCUT2D eigenvalue weighted by molar-refractivity contribution is 5.45. The molecule has 0 unspecified atom stereocenters. The van der Waals surface area contributed by atoms with Gasteiger partial charge in [0.15, 0.2) is 17.5 Å². The summed E-state index contributed by atoms with van der Waals surface area (Å²) in [5.74, 6) is -4.89. The molecule has 0 radical (unpaired) electrons. The Morgan fingerprint density at radius 1 is 0.788 bits per heavy atom. The van der Waals surface area contributed by atoms with Gasteiger partial charge in [-0.2, -0.15) is 8.78 Å². The van der Waals surface area contributed by atoms with E-state index in [9.17, 15) is 30.7 Å². The van der Waals surface area contributed by atoms with Crippen LogP contribution in [0.2, 0.25) is 0 Å². The van der Waals surface area contributed by atoms with Crippen LogP contribution in [0.15, 0.2) is 61.2 Å². The van der Waals surface area contributed by atoms with Gasteiger partial charge in [-0.15, -0.1) is 6.58 Å². The lowest BCUT2D eigenvalue weighted by Gasteiger charge is -2.19. The Morgan fingerprint density at radius 2 is 1.33 bits per heavy atom. The summed E-state index contributed by atoms with van der Waals surface area (Å²) in [6, 6.07) is 8.48. The molecule has 0 spiro atoms. The lowest BCUT2D eigenvalue weighted by molar-refractivity contribution is -0.189. The Labute approximate surface area is 185 Å². The van der Waals surface area contributed by atoms with Gasteiger partial charge in [-0.25, -0.2) is 22.0 Å². The lowest BCUT2D eigenvalue weighted by atomic mass is 10.1.